The zero-order valence-electron chi connectivity index (χ0n) is 8.53. The summed E-state index contributed by atoms with van der Waals surface area (Å²) in [5.74, 6) is 0. The summed E-state index contributed by atoms with van der Waals surface area (Å²) >= 11 is 3.28. The van der Waals surface area contributed by atoms with E-state index in [0.717, 1.165) is 9.04 Å². The lowest BCUT2D eigenvalue weighted by molar-refractivity contribution is 0.528. The maximum atomic E-state index is 12.0. The number of halogens is 1. The van der Waals surface area contributed by atoms with Gasteiger partial charge in [0.2, 0.25) is 0 Å². The monoisotopic (exact) mass is 283 g/mol. The Morgan fingerprint density at radius 2 is 2.12 bits per heavy atom. The van der Waals surface area contributed by atoms with E-state index in [4.69, 9.17) is 5.73 Å². The molecular weight excluding hydrogens is 274 g/mol. The van der Waals surface area contributed by atoms with Crippen LogP contribution >= 0.6 is 15.9 Å². The number of hydrogen-bond acceptors (Lipinski definition) is 3. The molecule has 0 fully saturated rings. The van der Waals surface area contributed by atoms with Gasteiger partial charge in [-0.15, -0.1) is 0 Å². The van der Waals surface area contributed by atoms with Gasteiger partial charge in [0.25, 0.3) is 5.56 Å². The average molecular weight is 284 g/mol. The second-order valence-electron chi connectivity index (χ2n) is 3.54. The number of fused-ring (bicyclic) bond motifs is 1. The Bertz CT molecular complexity index is 657. The Kier molecular flexibility index (Phi) is 2.69. The molecule has 16 heavy (non-hydrogen) atoms. The first-order valence-corrected chi connectivity index (χ1v) is 5.49. The summed E-state index contributed by atoms with van der Waals surface area (Å²) in [6, 6.07) is 5.09. The van der Waals surface area contributed by atoms with Crippen molar-refractivity contribution < 1.29 is 0 Å². The molecule has 1 unspecified atom stereocenters. The minimum absolute atomic E-state index is 0.380. The van der Waals surface area contributed by atoms with Gasteiger partial charge in [-0.05, 0) is 25.1 Å². The molecule has 0 aliphatic heterocycles. The molecule has 0 aliphatic carbocycles. The molecule has 2 aromatic rings. The smallest absolute Gasteiger partial charge is 0.311 e. The van der Waals surface area contributed by atoms with E-state index in [2.05, 4.69) is 20.9 Å². The normalized spacial score (nSPS) is 12.9. The second-order valence-corrected chi connectivity index (χ2v) is 4.45. The minimum atomic E-state index is -0.653. The molecule has 0 radical (unpaired) electrons. The van der Waals surface area contributed by atoms with E-state index < -0.39 is 11.9 Å². The van der Waals surface area contributed by atoms with Crippen LogP contribution in [0.15, 0.2) is 32.3 Å². The van der Waals surface area contributed by atoms with Crippen molar-refractivity contribution in [2.24, 2.45) is 5.73 Å². The van der Waals surface area contributed by atoms with Crippen molar-refractivity contribution in [2.75, 3.05) is 0 Å². The molecule has 2 rings (SSSR count). The zero-order chi connectivity index (χ0) is 11.9. The van der Waals surface area contributed by atoms with Gasteiger partial charge in [0, 0.05) is 4.47 Å². The van der Waals surface area contributed by atoms with Crippen molar-refractivity contribution in [1.29, 1.82) is 0 Å². The number of nitrogens with one attached hydrogen (secondary N) is 1. The Balaban J connectivity index is 2.97. The molecule has 1 heterocycles. The number of hydrogen-bond donors (Lipinski definition) is 2. The second kappa shape index (κ2) is 3.88. The SMILES string of the molecule is CC(N)n1c(=O)[nH]c2ccc(Br)cc2c1=O. The molecule has 5 nitrogen and oxygen atoms in total. The third kappa shape index (κ3) is 1.70. The first kappa shape index (κ1) is 11.1. The summed E-state index contributed by atoms with van der Waals surface area (Å²) in [4.78, 5) is 26.2. The van der Waals surface area contributed by atoms with Gasteiger partial charge in [0.05, 0.1) is 17.1 Å². The van der Waals surface area contributed by atoms with Gasteiger partial charge in [-0.25, -0.2) is 9.36 Å². The molecule has 3 N–H and O–H groups in total. The summed E-state index contributed by atoms with van der Waals surface area (Å²) in [7, 11) is 0. The van der Waals surface area contributed by atoms with Crippen molar-refractivity contribution in [3.63, 3.8) is 0 Å². The topological polar surface area (TPSA) is 80.9 Å². The van der Waals surface area contributed by atoms with Gasteiger partial charge in [-0.3, -0.25) is 4.79 Å². The van der Waals surface area contributed by atoms with Gasteiger partial charge in [0.1, 0.15) is 0 Å². The van der Waals surface area contributed by atoms with Crippen LogP contribution in [0.3, 0.4) is 0 Å². The van der Waals surface area contributed by atoms with Crippen LogP contribution in [0.4, 0.5) is 0 Å². The number of H-pyrrole nitrogens is 1. The molecule has 1 aromatic carbocycles. The van der Waals surface area contributed by atoms with Crippen LogP contribution in [0.5, 0.6) is 0 Å². The van der Waals surface area contributed by atoms with E-state index in [1.54, 1.807) is 25.1 Å². The summed E-state index contributed by atoms with van der Waals surface area (Å²) in [6.45, 7) is 1.58. The molecule has 0 spiro atoms. The first-order chi connectivity index (χ1) is 7.50. The quantitative estimate of drug-likeness (QED) is 0.817. The van der Waals surface area contributed by atoms with E-state index in [0.29, 0.717) is 10.9 Å². The Labute approximate surface area is 99.0 Å². The Hall–Kier alpha value is -1.40. The molecule has 0 amide bonds. The third-order valence-electron chi connectivity index (χ3n) is 2.30. The highest BCUT2D eigenvalue weighted by atomic mass is 79.9. The van der Waals surface area contributed by atoms with Crippen LogP contribution in [0.2, 0.25) is 0 Å². The molecule has 1 aromatic heterocycles. The van der Waals surface area contributed by atoms with Crippen LogP contribution in [0, 0.1) is 0 Å². The van der Waals surface area contributed by atoms with E-state index >= 15 is 0 Å². The van der Waals surface area contributed by atoms with Crippen LogP contribution in [-0.4, -0.2) is 9.55 Å². The highest BCUT2D eigenvalue weighted by molar-refractivity contribution is 9.10. The van der Waals surface area contributed by atoms with Crippen molar-refractivity contribution in [3.8, 4) is 0 Å². The van der Waals surface area contributed by atoms with Gasteiger partial charge >= 0.3 is 5.69 Å². The molecule has 0 saturated heterocycles. The highest BCUT2D eigenvalue weighted by Crippen LogP contribution is 2.14. The van der Waals surface area contributed by atoms with Crippen LogP contribution in [-0.2, 0) is 0 Å². The van der Waals surface area contributed by atoms with Crippen molar-refractivity contribution >= 4 is 26.8 Å². The fourth-order valence-corrected chi connectivity index (χ4v) is 1.93. The Morgan fingerprint density at radius 3 is 2.75 bits per heavy atom. The average Bonchev–Trinajstić information content (AvgIpc) is 2.19. The lowest BCUT2D eigenvalue weighted by atomic mass is 10.2. The van der Waals surface area contributed by atoms with Gasteiger partial charge < -0.3 is 10.7 Å². The molecule has 6 heteroatoms. The lowest BCUT2D eigenvalue weighted by Gasteiger charge is -2.09. The summed E-state index contributed by atoms with van der Waals surface area (Å²) in [5.41, 5.74) is 5.21. The standard InChI is InChI=1S/C10H10BrN3O2/c1-5(12)14-9(15)7-4-6(11)2-3-8(7)13-10(14)16/h2-5H,12H2,1H3,(H,13,16). The number of aromatic nitrogens is 2. The molecule has 84 valence electrons. The minimum Gasteiger partial charge on any atom is -0.311 e. The van der Waals surface area contributed by atoms with Gasteiger partial charge in [0.15, 0.2) is 0 Å². The maximum absolute atomic E-state index is 12.0. The van der Waals surface area contributed by atoms with Gasteiger partial charge in [-0.1, -0.05) is 15.9 Å². The largest absolute Gasteiger partial charge is 0.330 e. The summed E-state index contributed by atoms with van der Waals surface area (Å²) < 4.78 is 1.77. The van der Waals surface area contributed by atoms with Gasteiger partial charge in [-0.2, -0.15) is 0 Å². The van der Waals surface area contributed by atoms with Crippen LogP contribution < -0.4 is 17.0 Å². The van der Waals surface area contributed by atoms with E-state index in [1.807, 2.05) is 0 Å². The zero-order valence-corrected chi connectivity index (χ0v) is 10.1. The predicted octanol–water partition coefficient (Wildman–Crippen LogP) is 0.930. The third-order valence-corrected chi connectivity index (χ3v) is 2.79. The fourth-order valence-electron chi connectivity index (χ4n) is 1.57. The molecule has 0 bridgehead atoms. The molecule has 1 atom stereocenters. The molecular formula is C10H10BrN3O2. The lowest BCUT2D eigenvalue weighted by Crippen LogP contribution is -2.40. The number of aromatic amines is 1. The highest BCUT2D eigenvalue weighted by Gasteiger charge is 2.10. The Morgan fingerprint density at radius 1 is 1.44 bits per heavy atom. The number of rotatable bonds is 1. The summed E-state index contributed by atoms with van der Waals surface area (Å²) in [6.07, 6.45) is -0.653. The summed E-state index contributed by atoms with van der Waals surface area (Å²) in [5, 5.41) is 0.436. The fraction of sp³-hybridized carbons (Fsp3) is 0.200. The predicted molar refractivity (Wildman–Crippen MR) is 65.4 cm³/mol. The molecule has 0 aliphatic rings. The van der Waals surface area contributed by atoms with Crippen molar-refractivity contribution in [1.82, 2.24) is 9.55 Å². The van der Waals surface area contributed by atoms with Crippen LogP contribution in [0.1, 0.15) is 13.1 Å². The first-order valence-electron chi connectivity index (χ1n) is 4.70. The van der Waals surface area contributed by atoms with Crippen molar-refractivity contribution in [2.45, 2.75) is 13.1 Å². The van der Waals surface area contributed by atoms with Crippen molar-refractivity contribution in [3.05, 3.63) is 43.5 Å². The number of benzene rings is 1. The maximum Gasteiger partial charge on any atom is 0.330 e. The molecule has 0 saturated carbocycles. The van der Waals surface area contributed by atoms with E-state index in [9.17, 15) is 9.59 Å². The number of nitrogens with two attached hydrogens (primary N) is 1. The van der Waals surface area contributed by atoms with Crippen LogP contribution in [0.25, 0.3) is 10.9 Å². The number of nitrogens with zero attached hydrogens (tertiary/aromatic N) is 1. The van der Waals surface area contributed by atoms with E-state index in [1.165, 1.54) is 0 Å². The van der Waals surface area contributed by atoms with E-state index in [-0.39, 0.29) is 5.56 Å².